The van der Waals surface area contributed by atoms with Gasteiger partial charge in [-0.25, -0.2) is 0 Å². The summed E-state index contributed by atoms with van der Waals surface area (Å²) >= 11 is 0. The zero-order valence-corrected chi connectivity index (χ0v) is 24.4. The van der Waals surface area contributed by atoms with E-state index in [0.29, 0.717) is 17.4 Å². The number of hydrogen-bond acceptors (Lipinski definition) is 2. The van der Waals surface area contributed by atoms with Crippen LogP contribution in [0.25, 0.3) is 0 Å². The average Bonchev–Trinajstić information content (AvgIpc) is 3.56. The van der Waals surface area contributed by atoms with Gasteiger partial charge in [0.25, 0.3) is 11.8 Å². The van der Waals surface area contributed by atoms with E-state index in [-0.39, 0.29) is 47.5 Å². The predicted octanol–water partition coefficient (Wildman–Crippen LogP) is 8.24. The van der Waals surface area contributed by atoms with Crippen LogP contribution in [0.15, 0.2) is 24.3 Å². The van der Waals surface area contributed by atoms with E-state index >= 15 is 0 Å². The Labute approximate surface area is 230 Å². The summed E-state index contributed by atoms with van der Waals surface area (Å²) in [4.78, 5) is 28.3. The van der Waals surface area contributed by atoms with Gasteiger partial charge in [0.1, 0.15) is 0 Å². The van der Waals surface area contributed by atoms with E-state index in [2.05, 4.69) is 39.8 Å². The molecular weight excluding hydrogens is 501 g/mol. The minimum Gasteiger partial charge on any atom is -0.332 e. The van der Waals surface area contributed by atoms with Gasteiger partial charge >= 0.3 is 6.18 Å². The molecule has 4 nitrogen and oxygen atoms in total. The number of carbonyl (C=O) groups excluding carboxylic acids is 2. The second-order valence-electron chi connectivity index (χ2n) is 12.4. The van der Waals surface area contributed by atoms with Crippen LogP contribution in [-0.2, 0) is 19.3 Å². The van der Waals surface area contributed by atoms with Gasteiger partial charge in [-0.3, -0.25) is 9.59 Å². The van der Waals surface area contributed by atoms with Gasteiger partial charge in [-0.15, -0.1) is 0 Å². The SMILES string of the molecule is CC(C)c1cc2c(c(C(F)(F)F)c1)CN(C(C)C)C2=O.CC(C)c1cc2c(c(C3CC3)c1)CN(C(C)C)C2=O. The second kappa shape index (κ2) is 10.6. The van der Waals surface area contributed by atoms with Gasteiger partial charge in [0.15, 0.2) is 0 Å². The van der Waals surface area contributed by atoms with Crippen LogP contribution in [-0.4, -0.2) is 33.7 Å². The number of benzene rings is 2. The monoisotopic (exact) mass is 542 g/mol. The van der Waals surface area contributed by atoms with Crippen molar-refractivity contribution >= 4 is 11.8 Å². The van der Waals surface area contributed by atoms with Gasteiger partial charge < -0.3 is 9.80 Å². The van der Waals surface area contributed by atoms with E-state index in [0.717, 1.165) is 12.1 Å². The normalized spacial score (nSPS) is 17.0. The third kappa shape index (κ3) is 5.73. The standard InChI is InChI=1S/C17H23NO.C15H18F3NO/c1-10(2)13-7-14(12-5-6-12)16-9-18(11(3)4)17(19)15(16)8-13;1-8(2)10-5-11-12(13(6-10)15(16,17)18)7-19(9(3)4)14(11)20/h7-8,10-12H,5-6,9H2,1-4H3;5-6,8-9H,7H2,1-4H3. The number of nitrogens with zero attached hydrogens (tertiary/aromatic N) is 2. The number of hydrogen-bond donors (Lipinski definition) is 0. The number of fused-ring (bicyclic) bond motifs is 2. The first-order chi connectivity index (χ1) is 18.1. The van der Waals surface area contributed by atoms with Crippen molar-refractivity contribution in [1.82, 2.24) is 9.80 Å². The molecule has 2 amide bonds. The molecule has 7 heteroatoms. The van der Waals surface area contributed by atoms with Crippen molar-refractivity contribution < 1.29 is 22.8 Å². The van der Waals surface area contributed by atoms with Crippen LogP contribution in [0.3, 0.4) is 0 Å². The Morgan fingerprint density at radius 1 is 0.692 bits per heavy atom. The number of rotatable bonds is 5. The molecule has 0 bridgehead atoms. The lowest BCUT2D eigenvalue weighted by Gasteiger charge is -2.20. The van der Waals surface area contributed by atoms with E-state index in [1.54, 1.807) is 19.9 Å². The Morgan fingerprint density at radius 2 is 1.13 bits per heavy atom. The third-order valence-electron chi connectivity index (χ3n) is 8.12. The van der Waals surface area contributed by atoms with Gasteiger partial charge in [0, 0.05) is 36.3 Å². The predicted molar refractivity (Wildman–Crippen MR) is 148 cm³/mol. The highest BCUT2D eigenvalue weighted by atomic mass is 19.4. The maximum Gasteiger partial charge on any atom is 0.416 e. The van der Waals surface area contributed by atoms with Crippen LogP contribution in [0.1, 0.15) is 140 Å². The number of carbonyl (C=O) groups is 2. The Hall–Kier alpha value is -2.83. The summed E-state index contributed by atoms with van der Waals surface area (Å²) in [6, 6.07) is 7.46. The van der Waals surface area contributed by atoms with Crippen LogP contribution in [0.4, 0.5) is 13.2 Å². The summed E-state index contributed by atoms with van der Waals surface area (Å²) in [7, 11) is 0. The zero-order valence-electron chi connectivity index (χ0n) is 24.4. The lowest BCUT2D eigenvalue weighted by atomic mass is 9.92. The summed E-state index contributed by atoms with van der Waals surface area (Å²) in [5.74, 6) is 1.08. The first-order valence-electron chi connectivity index (χ1n) is 14.1. The fourth-order valence-electron chi connectivity index (χ4n) is 5.45. The topological polar surface area (TPSA) is 40.6 Å². The van der Waals surface area contributed by atoms with Gasteiger partial charge in [-0.05, 0) is 104 Å². The Morgan fingerprint density at radius 3 is 1.54 bits per heavy atom. The minimum atomic E-state index is -4.43. The summed E-state index contributed by atoms with van der Waals surface area (Å²) in [5, 5.41) is 0. The quantitative estimate of drug-likeness (QED) is 0.382. The smallest absolute Gasteiger partial charge is 0.332 e. The number of amides is 2. The van der Waals surface area contributed by atoms with Crippen LogP contribution < -0.4 is 0 Å². The van der Waals surface area contributed by atoms with Gasteiger partial charge in [0.05, 0.1) is 5.56 Å². The average molecular weight is 543 g/mol. The van der Waals surface area contributed by atoms with Crippen molar-refractivity contribution in [2.45, 2.75) is 117 Å². The number of halogens is 3. The van der Waals surface area contributed by atoms with E-state index in [1.807, 2.05) is 18.7 Å². The summed E-state index contributed by atoms with van der Waals surface area (Å²) in [6.07, 6.45) is -1.84. The molecule has 0 spiro atoms. The Balaban J connectivity index is 0.000000181. The molecule has 2 heterocycles. The molecule has 2 aliphatic heterocycles. The molecule has 0 saturated heterocycles. The molecule has 0 N–H and O–H groups in total. The molecular formula is C32H41F3N2O2. The van der Waals surface area contributed by atoms with Crippen molar-refractivity contribution in [3.05, 3.63) is 68.8 Å². The summed E-state index contributed by atoms with van der Waals surface area (Å²) < 4.78 is 39.6. The summed E-state index contributed by atoms with van der Waals surface area (Å²) in [5.41, 5.74) is 5.26. The lowest BCUT2D eigenvalue weighted by molar-refractivity contribution is -0.138. The molecule has 0 radical (unpaired) electrons. The molecule has 1 saturated carbocycles. The molecule has 1 aliphatic carbocycles. The van der Waals surface area contributed by atoms with Gasteiger partial charge in [-0.1, -0.05) is 33.8 Å². The first kappa shape index (κ1) is 29.2. The fourth-order valence-corrected chi connectivity index (χ4v) is 5.45. The highest BCUT2D eigenvalue weighted by Crippen LogP contribution is 2.45. The maximum absolute atomic E-state index is 13.2. The number of alkyl halides is 3. The molecule has 2 aromatic carbocycles. The van der Waals surface area contributed by atoms with Gasteiger partial charge in [0.2, 0.25) is 0 Å². The van der Waals surface area contributed by atoms with E-state index < -0.39 is 11.7 Å². The van der Waals surface area contributed by atoms with Crippen molar-refractivity contribution in [2.24, 2.45) is 0 Å². The molecule has 0 unspecified atom stereocenters. The molecule has 2 aromatic rings. The zero-order chi connectivity index (χ0) is 29.0. The fraction of sp³-hybridized carbons (Fsp3) is 0.562. The highest BCUT2D eigenvalue weighted by molar-refractivity contribution is 6.00. The maximum atomic E-state index is 13.2. The van der Waals surface area contributed by atoms with Crippen molar-refractivity contribution in [2.75, 3.05) is 0 Å². The molecule has 212 valence electrons. The molecule has 1 fully saturated rings. The lowest BCUT2D eigenvalue weighted by Crippen LogP contribution is -2.30. The van der Waals surface area contributed by atoms with Crippen LogP contribution in [0.5, 0.6) is 0 Å². The molecule has 39 heavy (non-hydrogen) atoms. The highest BCUT2D eigenvalue weighted by Gasteiger charge is 2.41. The van der Waals surface area contributed by atoms with Crippen molar-refractivity contribution in [1.29, 1.82) is 0 Å². The first-order valence-corrected chi connectivity index (χ1v) is 14.1. The van der Waals surface area contributed by atoms with Gasteiger partial charge in [-0.2, -0.15) is 13.2 Å². The van der Waals surface area contributed by atoms with E-state index in [9.17, 15) is 22.8 Å². The molecule has 0 aromatic heterocycles. The van der Waals surface area contributed by atoms with Crippen LogP contribution in [0, 0.1) is 0 Å². The molecule has 5 rings (SSSR count). The van der Waals surface area contributed by atoms with Crippen molar-refractivity contribution in [3.8, 4) is 0 Å². The largest absolute Gasteiger partial charge is 0.416 e. The van der Waals surface area contributed by atoms with E-state index in [4.69, 9.17) is 0 Å². The van der Waals surface area contributed by atoms with Crippen LogP contribution >= 0.6 is 0 Å². The second-order valence-corrected chi connectivity index (χ2v) is 12.4. The minimum absolute atomic E-state index is 0.0407. The third-order valence-corrected chi connectivity index (χ3v) is 8.12. The van der Waals surface area contributed by atoms with Crippen LogP contribution in [0.2, 0.25) is 0 Å². The molecule has 0 atom stereocenters. The Bertz CT molecular complexity index is 1270. The van der Waals surface area contributed by atoms with E-state index in [1.165, 1.54) is 40.5 Å². The summed E-state index contributed by atoms with van der Waals surface area (Å²) in [6.45, 7) is 16.7. The molecule has 3 aliphatic rings. The van der Waals surface area contributed by atoms with Crippen molar-refractivity contribution in [3.63, 3.8) is 0 Å². The Kier molecular flexibility index (Phi) is 7.94.